The van der Waals surface area contributed by atoms with E-state index in [-0.39, 0.29) is 17.2 Å². The topological polar surface area (TPSA) is 64.4 Å². The van der Waals surface area contributed by atoms with Crippen LogP contribution in [0.4, 0.5) is 0 Å². The summed E-state index contributed by atoms with van der Waals surface area (Å²) in [5.41, 5.74) is 3.01. The van der Waals surface area contributed by atoms with E-state index in [1.807, 2.05) is 29.2 Å². The molecule has 0 unspecified atom stereocenters. The Labute approximate surface area is 187 Å². The van der Waals surface area contributed by atoms with E-state index < -0.39 is 0 Å². The van der Waals surface area contributed by atoms with Gasteiger partial charge in [-0.3, -0.25) is 14.2 Å². The predicted molar refractivity (Wildman–Crippen MR) is 122 cm³/mol. The largest absolute Gasteiger partial charge is 0.383 e. The summed E-state index contributed by atoms with van der Waals surface area (Å²) in [4.78, 5) is 32.4. The highest BCUT2D eigenvalue weighted by molar-refractivity contribution is 9.10. The lowest BCUT2D eigenvalue weighted by atomic mass is 10.00. The number of aromatic nitrogens is 2. The van der Waals surface area contributed by atoms with Crippen LogP contribution in [0.15, 0.2) is 56.9 Å². The molecule has 0 bridgehead atoms. The maximum Gasteiger partial charge on any atom is 0.262 e. The summed E-state index contributed by atoms with van der Waals surface area (Å²) in [6.45, 7) is 2.13. The molecular weight excluding hydrogens is 466 g/mol. The van der Waals surface area contributed by atoms with Crippen LogP contribution in [0.1, 0.15) is 11.1 Å². The zero-order valence-electron chi connectivity index (χ0n) is 16.6. The smallest absolute Gasteiger partial charge is 0.262 e. The predicted octanol–water partition coefficient (Wildman–Crippen LogP) is 3.48. The highest BCUT2D eigenvalue weighted by Gasteiger charge is 2.21. The number of nitrogens with zero attached hydrogens (tertiary/aromatic N) is 3. The molecular formula is C22H22BrN3O3S. The second-order valence-corrected chi connectivity index (χ2v) is 8.99. The van der Waals surface area contributed by atoms with Crippen LogP contribution in [0.25, 0.3) is 10.9 Å². The zero-order chi connectivity index (χ0) is 21.1. The molecule has 156 valence electrons. The van der Waals surface area contributed by atoms with Gasteiger partial charge in [0.05, 0.1) is 29.8 Å². The third-order valence-corrected chi connectivity index (χ3v) is 6.66. The van der Waals surface area contributed by atoms with E-state index in [9.17, 15) is 9.59 Å². The normalized spacial score (nSPS) is 13.5. The van der Waals surface area contributed by atoms with E-state index >= 15 is 0 Å². The standard InChI is InChI=1S/C22H22BrN3O3S/c1-29-11-10-26-21(28)18-12-17(23)6-7-19(18)24-22(26)30-14-20(27)25-9-8-15-4-2-3-5-16(15)13-25/h2-7,12H,8-11,13-14H2,1H3. The van der Waals surface area contributed by atoms with Crippen molar-refractivity contribution in [2.75, 3.05) is 26.0 Å². The zero-order valence-corrected chi connectivity index (χ0v) is 19.0. The van der Waals surface area contributed by atoms with Crippen LogP contribution in [-0.4, -0.2) is 46.4 Å². The molecule has 6 nitrogen and oxygen atoms in total. The van der Waals surface area contributed by atoms with E-state index in [1.54, 1.807) is 17.7 Å². The van der Waals surface area contributed by atoms with Gasteiger partial charge in [-0.25, -0.2) is 4.98 Å². The molecule has 0 saturated carbocycles. The van der Waals surface area contributed by atoms with Crippen LogP contribution in [0.2, 0.25) is 0 Å². The quantitative estimate of drug-likeness (QED) is 0.393. The fourth-order valence-corrected chi connectivity index (χ4v) is 4.88. The molecule has 0 aliphatic carbocycles. The molecule has 0 N–H and O–H groups in total. The Hall–Kier alpha value is -2.16. The van der Waals surface area contributed by atoms with Gasteiger partial charge < -0.3 is 9.64 Å². The number of amides is 1. The van der Waals surface area contributed by atoms with Crippen molar-refractivity contribution in [1.29, 1.82) is 0 Å². The van der Waals surface area contributed by atoms with Crippen LogP contribution < -0.4 is 5.56 Å². The molecule has 0 radical (unpaired) electrons. The molecule has 1 aliphatic heterocycles. The number of fused-ring (bicyclic) bond motifs is 2. The summed E-state index contributed by atoms with van der Waals surface area (Å²) in [6.07, 6.45) is 0.869. The van der Waals surface area contributed by atoms with Crippen molar-refractivity contribution in [1.82, 2.24) is 14.5 Å². The van der Waals surface area contributed by atoms with Gasteiger partial charge in [0, 0.05) is 24.7 Å². The number of benzene rings is 2. The van der Waals surface area contributed by atoms with Gasteiger partial charge in [0.1, 0.15) is 0 Å². The average Bonchev–Trinajstić information content (AvgIpc) is 2.77. The van der Waals surface area contributed by atoms with Crippen LogP contribution in [0.3, 0.4) is 0 Å². The van der Waals surface area contributed by atoms with Crippen molar-refractivity contribution in [2.24, 2.45) is 0 Å². The van der Waals surface area contributed by atoms with Crippen molar-refractivity contribution in [3.05, 3.63) is 68.4 Å². The Morgan fingerprint density at radius 1 is 1.23 bits per heavy atom. The number of hydrogen-bond acceptors (Lipinski definition) is 5. The number of carbonyl (C=O) groups excluding carboxylic acids is 1. The minimum atomic E-state index is -0.125. The summed E-state index contributed by atoms with van der Waals surface area (Å²) >= 11 is 4.72. The number of rotatable bonds is 6. The first-order chi connectivity index (χ1) is 14.6. The van der Waals surface area contributed by atoms with Crippen LogP contribution in [0.5, 0.6) is 0 Å². The Kier molecular flexibility index (Phi) is 6.55. The summed E-state index contributed by atoms with van der Waals surface area (Å²) < 4.78 is 7.59. The molecule has 3 aromatic rings. The van der Waals surface area contributed by atoms with Crippen molar-refractivity contribution < 1.29 is 9.53 Å². The van der Waals surface area contributed by atoms with E-state index in [1.165, 1.54) is 22.9 Å². The Bertz CT molecular complexity index is 1150. The molecule has 30 heavy (non-hydrogen) atoms. The lowest BCUT2D eigenvalue weighted by Gasteiger charge is -2.28. The van der Waals surface area contributed by atoms with Gasteiger partial charge in [-0.05, 0) is 35.7 Å². The molecule has 0 spiro atoms. The minimum absolute atomic E-state index is 0.0537. The number of thioether (sulfide) groups is 1. The monoisotopic (exact) mass is 487 g/mol. The van der Waals surface area contributed by atoms with Gasteiger partial charge in [0.2, 0.25) is 5.91 Å². The van der Waals surface area contributed by atoms with Gasteiger partial charge in [-0.1, -0.05) is 52.0 Å². The molecule has 0 fully saturated rings. The molecule has 1 amide bonds. The van der Waals surface area contributed by atoms with Gasteiger partial charge in [-0.15, -0.1) is 0 Å². The summed E-state index contributed by atoms with van der Waals surface area (Å²) in [5.74, 6) is 0.293. The second-order valence-electron chi connectivity index (χ2n) is 7.13. The van der Waals surface area contributed by atoms with Gasteiger partial charge >= 0.3 is 0 Å². The second kappa shape index (κ2) is 9.32. The number of halogens is 1. The number of carbonyl (C=O) groups is 1. The van der Waals surface area contributed by atoms with E-state index in [4.69, 9.17) is 4.74 Å². The minimum Gasteiger partial charge on any atom is -0.383 e. The van der Waals surface area contributed by atoms with Crippen molar-refractivity contribution >= 4 is 44.5 Å². The first-order valence-electron chi connectivity index (χ1n) is 9.73. The fraction of sp³-hybridized carbons (Fsp3) is 0.318. The summed E-state index contributed by atoms with van der Waals surface area (Å²) in [6, 6.07) is 13.7. The van der Waals surface area contributed by atoms with E-state index in [0.29, 0.717) is 42.3 Å². The number of ether oxygens (including phenoxy) is 1. The van der Waals surface area contributed by atoms with Crippen molar-refractivity contribution in [3.8, 4) is 0 Å². The summed E-state index contributed by atoms with van der Waals surface area (Å²) in [7, 11) is 1.60. The van der Waals surface area contributed by atoms with Crippen LogP contribution in [-0.2, 0) is 29.0 Å². The number of hydrogen-bond donors (Lipinski definition) is 0. The number of methoxy groups -OCH3 is 1. The molecule has 0 saturated heterocycles. The first-order valence-corrected chi connectivity index (χ1v) is 11.5. The SMILES string of the molecule is COCCn1c(SCC(=O)N2CCc3ccccc3C2)nc2ccc(Br)cc2c1=O. The molecule has 1 aromatic heterocycles. The maximum atomic E-state index is 13.0. The molecule has 2 heterocycles. The van der Waals surface area contributed by atoms with Crippen molar-refractivity contribution in [3.63, 3.8) is 0 Å². The Balaban J connectivity index is 1.55. The van der Waals surface area contributed by atoms with E-state index in [2.05, 4.69) is 33.0 Å². The lowest BCUT2D eigenvalue weighted by Crippen LogP contribution is -2.37. The van der Waals surface area contributed by atoms with E-state index in [0.717, 1.165) is 10.9 Å². The summed E-state index contributed by atoms with van der Waals surface area (Å²) in [5, 5.41) is 1.08. The highest BCUT2D eigenvalue weighted by Crippen LogP contribution is 2.23. The third kappa shape index (κ3) is 4.45. The highest BCUT2D eigenvalue weighted by atomic mass is 79.9. The van der Waals surface area contributed by atoms with Gasteiger partial charge in [-0.2, -0.15) is 0 Å². The van der Waals surface area contributed by atoms with Crippen molar-refractivity contribution in [2.45, 2.75) is 24.7 Å². The molecule has 2 aromatic carbocycles. The molecule has 4 rings (SSSR count). The molecule has 1 aliphatic rings. The third-order valence-electron chi connectivity index (χ3n) is 5.21. The van der Waals surface area contributed by atoms with Gasteiger partial charge in [0.15, 0.2) is 5.16 Å². The van der Waals surface area contributed by atoms with Gasteiger partial charge in [0.25, 0.3) is 5.56 Å². The Morgan fingerprint density at radius 2 is 2.03 bits per heavy atom. The first kappa shape index (κ1) is 21.1. The fourth-order valence-electron chi connectivity index (χ4n) is 3.59. The molecule has 0 atom stereocenters. The average molecular weight is 488 g/mol. The lowest BCUT2D eigenvalue weighted by molar-refractivity contribution is -0.129. The Morgan fingerprint density at radius 3 is 2.83 bits per heavy atom. The van der Waals surface area contributed by atoms with Crippen LogP contribution >= 0.6 is 27.7 Å². The maximum absolute atomic E-state index is 13.0. The van der Waals surface area contributed by atoms with Crippen LogP contribution in [0, 0.1) is 0 Å². The molecule has 8 heteroatoms.